The van der Waals surface area contributed by atoms with Gasteiger partial charge < -0.3 is 34.9 Å². The van der Waals surface area contributed by atoms with Crippen LogP contribution in [-0.2, 0) is 19.1 Å². The van der Waals surface area contributed by atoms with Crippen LogP contribution in [0.15, 0.2) is 46.8 Å². The second-order valence-corrected chi connectivity index (χ2v) is 9.08. The highest BCUT2D eigenvalue weighted by Crippen LogP contribution is 2.40. The average molecular weight is 541 g/mol. The van der Waals surface area contributed by atoms with Gasteiger partial charge in [-0.15, -0.1) is 11.3 Å². The van der Waals surface area contributed by atoms with Crippen molar-refractivity contribution in [2.24, 2.45) is 5.73 Å². The third kappa shape index (κ3) is 4.34. The van der Waals surface area contributed by atoms with Crippen molar-refractivity contribution in [1.29, 1.82) is 0 Å². The van der Waals surface area contributed by atoms with Crippen LogP contribution in [0.2, 0.25) is 0 Å². The summed E-state index contributed by atoms with van der Waals surface area (Å²) in [5, 5.41) is 20.0. The number of rotatable bonds is 6. The number of hydrogen-bond donors (Lipinski definition) is 3. The number of fused-ring (bicyclic) bond motifs is 1. The molecule has 1 aromatic heterocycles. The van der Waals surface area contributed by atoms with Crippen molar-refractivity contribution in [3.8, 4) is 23.0 Å². The predicted octanol–water partition coefficient (Wildman–Crippen LogP) is 0.588. The van der Waals surface area contributed by atoms with Crippen LogP contribution in [0.4, 0.5) is 0 Å². The number of nitrogens with two attached hydrogens (primary N) is 1. The lowest BCUT2D eigenvalue weighted by Crippen LogP contribution is -2.41. The largest absolute Gasteiger partial charge is 0.504 e. The molecule has 0 aliphatic carbocycles. The normalized spacial score (nSPS) is 15.2. The zero-order valence-corrected chi connectivity index (χ0v) is 21.6. The minimum atomic E-state index is -1.11. The molecule has 12 heteroatoms. The molecule has 0 unspecified atom stereocenters. The molecule has 0 saturated carbocycles. The molecule has 11 nitrogen and oxygen atoms in total. The van der Waals surface area contributed by atoms with E-state index in [9.17, 15) is 24.6 Å². The quantitative estimate of drug-likeness (QED) is 0.378. The Morgan fingerprint density at radius 2 is 1.50 bits per heavy atom. The molecule has 1 atom stereocenters. The van der Waals surface area contributed by atoms with E-state index in [1.165, 1.54) is 51.7 Å². The summed E-state index contributed by atoms with van der Waals surface area (Å²) in [5.41, 5.74) is 6.53. The fourth-order valence-corrected chi connectivity index (χ4v) is 5.37. The van der Waals surface area contributed by atoms with Crippen LogP contribution in [0.25, 0.3) is 17.5 Å². The zero-order chi connectivity index (χ0) is 27.7. The van der Waals surface area contributed by atoms with Crippen LogP contribution in [0.1, 0.15) is 17.0 Å². The van der Waals surface area contributed by atoms with Gasteiger partial charge in [0.25, 0.3) is 5.56 Å². The first-order valence-corrected chi connectivity index (χ1v) is 11.9. The maximum Gasteiger partial charge on any atom is 0.338 e. The number of phenolic OH excluding ortho intramolecular Hbond substituents is 2. The van der Waals surface area contributed by atoms with E-state index in [0.29, 0.717) is 11.1 Å². The van der Waals surface area contributed by atoms with E-state index in [1.807, 2.05) is 0 Å². The molecule has 1 aliphatic heterocycles. The van der Waals surface area contributed by atoms with Gasteiger partial charge in [0, 0.05) is 0 Å². The molecule has 3 aromatic rings. The molecule has 0 radical (unpaired) electrons. The smallest absolute Gasteiger partial charge is 0.338 e. The summed E-state index contributed by atoms with van der Waals surface area (Å²) >= 11 is 0.970. The molecular formula is C26H24N2O9S. The number of carbonyl (C=O) groups excluding carboxylic acids is 2. The molecule has 38 heavy (non-hydrogen) atoms. The Kier molecular flexibility index (Phi) is 7.17. The number of phenols is 2. The Bertz CT molecular complexity index is 1670. The Morgan fingerprint density at radius 1 is 0.921 bits per heavy atom. The molecule has 1 aliphatic rings. The third-order valence-corrected chi connectivity index (χ3v) is 7.11. The van der Waals surface area contributed by atoms with Crippen molar-refractivity contribution >= 4 is 40.7 Å². The van der Waals surface area contributed by atoms with E-state index >= 15 is 0 Å². The van der Waals surface area contributed by atoms with Crippen molar-refractivity contribution in [2.75, 3.05) is 28.4 Å². The first kappa shape index (κ1) is 26.4. The molecule has 2 aromatic carbocycles. The summed E-state index contributed by atoms with van der Waals surface area (Å²) in [7, 11) is 5.08. The summed E-state index contributed by atoms with van der Waals surface area (Å²) in [6.45, 7) is 0. The Balaban J connectivity index is 2.11. The molecule has 0 bridgehead atoms. The van der Waals surface area contributed by atoms with Gasteiger partial charge in [0.1, 0.15) is 10.5 Å². The van der Waals surface area contributed by atoms with E-state index in [-0.39, 0.29) is 49.2 Å². The van der Waals surface area contributed by atoms with E-state index in [4.69, 9.17) is 24.7 Å². The first-order chi connectivity index (χ1) is 18.2. The highest BCUT2D eigenvalue weighted by atomic mass is 32.1. The van der Waals surface area contributed by atoms with Gasteiger partial charge in [-0.2, -0.15) is 0 Å². The van der Waals surface area contributed by atoms with Crippen molar-refractivity contribution in [2.45, 2.75) is 5.92 Å². The maximum atomic E-state index is 13.5. The van der Waals surface area contributed by atoms with Crippen molar-refractivity contribution < 1.29 is 38.7 Å². The van der Waals surface area contributed by atoms with E-state index in [1.54, 1.807) is 12.1 Å². The van der Waals surface area contributed by atoms with Gasteiger partial charge in [0.15, 0.2) is 23.0 Å². The fraction of sp³-hybridized carbons (Fsp3) is 0.192. The second kappa shape index (κ2) is 10.3. The van der Waals surface area contributed by atoms with E-state index in [2.05, 4.69) is 0 Å². The second-order valence-electron chi connectivity index (χ2n) is 8.05. The molecule has 0 amide bonds. The average Bonchev–Trinajstić information content (AvgIpc) is 3.24. The van der Waals surface area contributed by atoms with Crippen LogP contribution >= 0.6 is 11.3 Å². The number of nitrogens with zero attached hydrogens (tertiary/aromatic N) is 1. The first-order valence-electron chi connectivity index (χ1n) is 11.0. The number of esters is 2. The molecule has 4 N–H and O–H groups in total. The highest BCUT2D eigenvalue weighted by Gasteiger charge is 2.40. The van der Waals surface area contributed by atoms with Gasteiger partial charge in [0.2, 0.25) is 0 Å². The number of carbonyl (C=O) groups is 2. The number of methoxy groups -OCH3 is 4. The summed E-state index contributed by atoms with van der Waals surface area (Å²) in [4.78, 5) is 39.7. The maximum absolute atomic E-state index is 13.5. The van der Waals surface area contributed by atoms with Crippen LogP contribution < -0.4 is 30.0 Å². The molecule has 4 rings (SSSR count). The molecule has 2 heterocycles. The number of aromatic hydroxyl groups is 2. The SMILES string of the molecule is COC(=O)C1=C(N)n2c(s/c(=C/c3ccc(O)c(OC)c3)c2=O)=C(C(=O)OC)[C@H]1c1ccc(O)c(OC)c1. The summed E-state index contributed by atoms with van der Waals surface area (Å²) in [6.07, 6.45) is 1.54. The number of thiazole rings is 1. The summed E-state index contributed by atoms with van der Waals surface area (Å²) in [5.74, 6) is -2.92. The Labute approximate surface area is 219 Å². The van der Waals surface area contributed by atoms with Crippen LogP contribution in [-0.4, -0.2) is 55.2 Å². The zero-order valence-electron chi connectivity index (χ0n) is 20.8. The topological polar surface area (TPSA) is 160 Å². The number of benzene rings is 2. The van der Waals surface area contributed by atoms with E-state index in [0.717, 1.165) is 23.0 Å². The Morgan fingerprint density at radius 3 is 2.11 bits per heavy atom. The van der Waals surface area contributed by atoms with Crippen LogP contribution in [0.5, 0.6) is 23.0 Å². The van der Waals surface area contributed by atoms with E-state index < -0.39 is 23.4 Å². The van der Waals surface area contributed by atoms with Gasteiger partial charge in [-0.1, -0.05) is 12.1 Å². The van der Waals surface area contributed by atoms with Gasteiger partial charge >= 0.3 is 11.9 Å². The third-order valence-electron chi connectivity index (χ3n) is 6.00. The summed E-state index contributed by atoms with van der Waals surface area (Å²) in [6, 6.07) is 8.83. The van der Waals surface area contributed by atoms with Gasteiger partial charge in [-0.05, 0) is 41.5 Å². The summed E-state index contributed by atoms with van der Waals surface area (Å²) < 4.78 is 21.8. The highest BCUT2D eigenvalue weighted by molar-refractivity contribution is 7.07. The van der Waals surface area contributed by atoms with Gasteiger partial charge in [0.05, 0.1) is 50.0 Å². The molecule has 0 fully saturated rings. The Hall–Kier alpha value is -4.71. The minimum Gasteiger partial charge on any atom is -0.504 e. The lowest BCUT2D eigenvalue weighted by molar-refractivity contribution is -0.136. The molecule has 0 spiro atoms. The standard InChI is InChI=1S/C26H24N2O9S/c1-34-16-9-12(5-7-14(16)29)10-18-23(31)28-22(27)20(25(32)36-3)19(21(24(28)38-18)26(33)37-4)13-6-8-15(30)17(11-13)35-2/h5-11,19,29-30H,27H2,1-4H3/b18-10+/t19-/m0/s1. The van der Waals surface area contributed by atoms with Gasteiger partial charge in [-0.3, -0.25) is 9.36 Å². The number of aromatic nitrogens is 1. The number of hydrogen-bond acceptors (Lipinski definition) is 11. The molecule has 198 valence electrons. The van der Waals surface area contributed by atoms with Crippen molar-refractivity contribution in [3.63, 3.8) is 0 Å². The van der Waals surface area contributed by atoms with Crippen LogP contribution in [0, 0.1) is 0 Å². The lowest BCUT2D eigenvalue weighted by atomic mass is 9.83. The predicted molar refractivity (Wildman–Crippen MR) is 138 cm³/mol. The van der Waals surface area contributed by atoms with Crippen molar-refractivity contribution in [3.05, 3.63) is 72.6 Å². The fourth-order valence-electron chi connectivity index (χ4n) is 4.21. The van der Waals surface area contributed by atoms with Crippen molar-refractivity contribution in [1.82, 2.24) is 4.57 Å². The van der Waals surface area contributed by atoms with Gasteiger partial charge in [-0.25, -0.2) is 9.59 Å². The minimum absolute atomic E-state index is 0.0279. The molecule has 0 saturated heterocycles. The molecular weight excluding hydrogens is 516 g/mol. The lowest BCUT2D eigenvalue weighted by Gasteiger charge is -2.26. The monoisotopic (exact) mass is 540 g/mol. The number of ether oxygens (including phenoxy) is 4. The van der Waals surface area contributed by atoms with Crippen LogP contribution in [0.3, 0.4) is 0 Å².